The Morgan fingerprint density at radius 1 is 0.106 bits per heavy atom. The third kappa shape index (κ3) is 8.68. The standard InChI is InChI=1S/C56H72B36N2/c57-15-6(19(61)20(62)8-7(15)22(64)36(78)37(79)23(8)65)9-29(71)46(88)56(47(89)30(9)72)94-53-13(14-33(75)40(82)42(84)50(92)54(14)94)17(59)5(28(70)45(53)87)4-16(58)12-2-1-3(21(63)35(77)34(76)18(1)60)26(68)43(85)51(2)93(52(12)44(86)27(4)69)55-48(90)31(73)11(32(74)49(55)91)10-24(66)38(80)41(83)39(81)25(10)67/h57-92H2. The number of nitrogens with zero attached hydrogens (tertiary/aromatic N) is 2. The van der Waals surface area contributed by atoms with E-state index in [9.17, 15) is 0 Å². The Bertz CT molecular complexity index is 5600. The lowest BCUT2D eigenvalue weighted by Crippen LogP contribution is -2.57. The summed E-state index contributed by atoms with van der Waals surface area (Å²) in [6.07, 6.45) is 0. The lowest BCUT2D eigenvalue weighted by atomic mass is 9.56. The van der Waals surface area contributed by atoms with Gasteiger partial charge in [0.1, 0.15) is 282 Å². The fourth-order valence-corrected chi connectivity index (χ4v) is 19.3. The average molecular weight is 1160 g/mol. The zero-order chi connectivity index (χ0) is 69.5. The number of benzene rings is 10. The molecule has 0 atom stereocenters. The van der Waals surface area contributed by atoms with Gasteiger partial charge < -0.3 is 9.13 Å². The minimum atomic E-state index is 1.33. The molecule has 0 amide bonds. The van der Waals surface area contributed by atoms with Crippen LogP contribution in [-0.4, -0.2) is 292 Å². The molecular weight excluding hydrogens is 1090 g/mol. The van der Waals surface area contributed by atoms with E-state index < -0.39 is 0 Å². The van der Waals surface area contributed by atoms with Gasteiger partial charge in [-0.2, -0.15) is 0 Å². The summed E-state index contributed by atoms with van der Waals surface area (Å²) in [5.41, 5.74) is 66.2. The maximum absolute atomic E-state index is 2.79. The van der Waals surface area contributed by atoms with Crippen LogP contribution in [0.3, 0.4) is 0 Å². The Kier molecular flexibility index (Phi) is 16.9. The molecule has 2 heterocycles. The van der Waals surface area contributed by atoms with Crippen molar-refractivity contribution < 1.29 is 0 Å². The number of aromatic nitrogens is 2. The fourth-order valence-electron chi connectivity index (χ4n) is 19.3. The van der Waals surface area contributed by atoms with E-state index >= 15 is 0 Å². The van der Waals surface area contributed by atoms with Gasteiger partial charge in [0.15, 0.2) is 0 Å². The lowest BCUT2D eigenvalue weighted by molar-refractivity contribution is 1.22. The van der Waals surface area contributed by atoms with Gasteiger partial charge in [-0.3, -0.25) is 0 Å². The lowest BCUT2D eigenvalue weighted by Gasteiger charge is -2.30. The van der Waals surface area contributed by atoms with Crippen molar-refractivity contribution in [3.63, 3.8) is 0 Å². The van der Waals surface area contributed by atoms with Gasteiger partial charge in [0.2, 0.25) is 0 Å². The number of fused-ring (bicyclic) bond motifs is 9. The first-order valence-corrected chi connectivity index (χ1v) is 35.1. The predicted octanol–water partition coefficient (Wildman–Crippen LogP) is -47.5. The van der Waals surface area contributed by atoms with E-state index in [1.54, 1.807) is 0 Å². The van der Waals surface area contributed by atoms with Gasteiger partial charge in [-0.25, -0.2) is 0 Å². The topological polar surface area (TPSA) is 9.86 Å². The number of rotatable bonds is 5. The quantitative estimate of drug-likeness (QED) is 0.152. The molecule has 94 heavy (non-hydrogen) atoms. The van der Waals surface area contributed by atoms with E-state index in [1.807, 2.05) is 0 Å². The molecule has 0 radical (unpaired) electrons. The van der Waals surface area contributed by atoms with Crippen LogP contribution < -0.4 is 197 Å². The summed E-state index contributed by atoms with van der Waals surface area (Å²) in [7, 11) is 86.3. The molecule has 0 saturated heterocycles. The van der Waals surface area contributed by atoms with Crippen LogP contribution in [0.2, 0.25) is 0 Å². The Balaban J connectivity index is 1.24. The van der Waals surface area contributed by atoms with Crippen LogP contribution in [0.25, 0.3) is 110 Å². The summed E-state index contributed by atoms with van der Waals surface area (Å²) in [5, 5.41) is 11.3. The predicted molar refractivity (Wildman–Crippen MR) is 541 cm³/mol. The summed E-state index contributed by atoms with van der Waals surface area (Å²) >= 11 is 0. The molecule has 0 N–H and O–H groups in total. The molecular formula is C56H72B36N2. The molecule has 12 aromatic rings. The molecule has 10 aromatic carbocycles. The molecule has 0 fully saturated rings. The zero-order valence-corrected chi connectivity index (χ0v) is 64.9. The molecule has 0 saturated carbocycles. The number of hydrogen-bond acceptors (Lipinski definition) is 0. The Morgan fingerprint density at radius 3 is 0.606 bits per heavy atom. The molecule has 2 nitrogen and oxygen atoms in total. The van der Waals surface area contributed by atoms with Crippen molar-refractivity contribution >= 4 is 544 Å². The van der Waals surface area contributed by atoms with E-state index in [4.69, 9.17) is 0 Å². The van der Waals surface area contributed by atoms with E-state index in [-0.39, 0.29) is 0 Å². The third-order valence-corrected chi connectivity index (χ3v) is 27.2. The molecule has 2 aromatic heterocycles. The van der Waals surface area contributed by atoms with Crippen LogP contribution in [0.1, 0.15) is 0 Å². The second-order valence-electron chi connectivity index (χ2n) is 30.5. The zero-order valence-electron chi connectivity index (χ0n) is 64.9. The first kappa shape index (κ1) is 68.6. The van der Waals surface area contributed by atoms with Gasteiger partial charge in [-0.1, -0.05) is 153 Å². The largest absolute Gasteiger partial charge is 0.312 e. The number of hydrogen-bond donors (Lipinski definition) is 0. The summed E-state index contributed by atoms with van der Waals surface area (Å²) in [5.74, 6) is 0. The van der Waals surface area contributed by atoms with Gasteiger partial charge in [0, 0.05) is 49.6 Å². The van der Waals surface area contributed by atoms with E-state index in [1.165, 1.54) is 307 Å². The normalized spacial score (nSPS) is 11.9. The highest BCUT2D eigenvalue weighted by atomic mass is 15.0. The minimum Gasteiger partial charge on any atom is -0.312 e. The van der Waals surface area contributed by atoms with Gasteiger partial charge in [-0.05, 0) is 60.3 Å². The Hall–Kier alpha value is -5.34. The van der Waals surface area contributed by atoms with E-state index in [0.717, 1.165) is 0 Å². The third-order valence-electron chi connectivity index (χ3n) is 27.2. The summed E-state index contributed by atoms with van der Waals surface area (Å²) in [4.78, 5) is 0. The van der Waals surface area contributed by atoms with Crippen molar-refractivity contribution in [3.8, 4) is 44.8 Å². The second-order valence-corrected chi connectivity index (χ2v) is 30.5. The summed E-state index contributed by atoms with van der Waals surface area (Å²) in [6, 6.07) is 0. The fraction of sp³-hybridized carbons (Fsp3) is 0. The second kappa shape index (κ2) is 23.1. The highest BCUT2D eigenvalue weighted by Gasteiger charge is 2.34. The molecule has 0 aliphatic rings. The first-order valence-electron chi connectivity index (χ1n) is 35.1. The van der Waals surface area contributed by atoms with Crippen molar-refractivity contribution in [1.29, 1.82) is 0 Å². The van der Waals surface area contributed by atoms with Crippen molar-refractivity contribution in [3.05, 3.63) is 0 Å². The maximum atomic E-state index is 2.79. The first-order chi connectivity index (χ1) is 43.8. The minimum absolute atomic E-state index is 1.33. The van der Waals surface area contributed by atoms with Crippen molar-refractivity contribution in [2.24, 2.45) is 0 Å². The molecule has 0 unspecified atom stereocenters. The van der Waals surface area contributed by atoms with Gasteiger partial charge in [0.25, 0.3) is 0 Å². The van der Waals surface area contributed by atoms with Gasteiger partial charge in [0.05, 0.1) is 0 Å². The average Bonchev–Trinajstić information content (AvgIpc) is 1.08. The Labute approximate surface area is 593 Å². The SMILES string of the molecule is Bc1c(B)c(B)c(-c2c(B)c(B)c(-n3c4c(B)c(B)c(-c5c(B)c(B)c6c(c5B)c5c(B)c(B)c(B)c(B)c5n6-c5c(B)c(B)c(-c6c(B)c(B)c7c(B)c(B)c(B)c(B)c7c6B)c(B)c5B)c(B)c4c4c5c(B)c(B)c(B)c(B)c5c(B)c(B)c43)c(B)c2B)c(B)c1B. The molecule has 414 valence electrons. The van der Waals surface area contributed by atoms with Crippen LogP contribution >= 0.6 is 0 Å². The molecule has 38 heteroatoms. The van der Waals surface area contributed by atoms with Crippen LogP contribution in [0.4, 0.5) is 0 Å². The van der Waals surface area contributed by atoms with Crippen molar-refractivity contribution in [2.75, 3.05) is 0 Å². The molecule has 0 aliphatic carbocycles. The molecule has 0 spiro atoms. The van der Waals surface area contributed by atoms with Crippen molar-refractivity contribution in [1.82, 2.24) is 9.13 Å². The van der Waals surface area contributed by atoms with E-state index in [2.05, 4.69) is 292 Å². The molecule has 0 aliphatic heterocycles. The monoisotopic (exact) mass is 1170 g/mol. The summed E-state index contributed by atoms with van der Waals surface area (Å²) in [6.45, 7) is 0. The van der Waals surface area contributed by atoms with Gasteiger partial charge in [-0.15, -0.1) is 43.7 Å². The van der Waals surface area contributed by atoms with Crippen LogP contribution in [0.5, 0.6) is 0 Å². The smallest absolute Gasteiger partial charge is 0.141 e. The highest BCUT2D eigenvalue weighted by molar-refractivity contribution is 6.79. The van der Waals surface area contributed by atoms with Crippen LogP contribution in [0, 0.1) is 0 Å². The molecule has 12 rings (SSSR count). The Morgan fingerprint density at radius 2 is 0.255 bits per heavy atom. The van der Waals surface area contributed by atoms with E-state index in [0.29, 0.717) is 0 Å². The van der Waals surface area contributed by atoms with Crippen LogP contribution in [0.15, 0.2) is 0 Å². The van der Waals surface area contributed by atoms with Gasteiger partial charge >= 0.3 is 0 Å². The maximum Gasteiger partial charge on any atom is 0.141 e. The van der Waals surface area contributed by atoms with Crippen molar-refractivity contribution in [2.45, 2.75) is 0 Å². The van der Waals surface area contributed by atoms with Crippen LogP contribution in [-0.2, 0) is 0 Å². The highest BCUT2D eigenvalue weighted by Crippen LogP contribution is 2.35. The summed E-state index contributed by atoms with van der Waals surface area (Å²) < 4.78 is 5.57. The molecule has 0 bridgehead atoms.